The zero-order valence-corrected chi connectivity index (χ0v) is 13.2. The maximum absolute atomic E-state index is 13.7. The highest BCUT2D eigenvalue weighted by molar-refractivity contribution is 5.30. The molecule has 0 unspecified atom stereocenters. The van der Waals surface area contributed by atoms with Gasteiger partial charge in [0.1, 0.15) is 5.82 Å². The van der Waals surface area contributed by atoms with Gasteiger partial charge in [-0.15, -0.1) is 0 Å². The lowest BCUT2D eigenvalue weighted by Gasteiger charge is -2.54. The molecule has 21 heavy (non-hydrogen) atoms. The number of halogens is 1. The van der Waals surface area contributed by atoms with Crippen LogP contribution in [-0.4, -0.2) is 6.04 Å². The van der Waals surface area contributed by atoms with Crippen molar-refractivity contribution in [1.29, 1.82) is 0 Å². The highest BCUT2D eigenvalue weighted by atomic mass is 19.1. The molecule has 1 aromatic carbocycles. The van der Waals surface area contributed by atoms with Crippen molar-refractivity contribution < 1.29 is 4.39 Å². The molecule has 0 atom stereocenters. The molecular formula is C19H26FN. The van der Waals surface area contributed by atoms with Crippen LogP contribution < -0.4 is 5.32 Å². The third kappa shape index (κ3) is 2.42. The number of rotatable bonds is 3. The highest BCUT2D eigenvalue weighted by Gasteiger charge is 2.47. The Morgan fingerprint density at radius 2 is 1.48 bits per heavy atom. The molecule has 4 fully saturated rings. The second-order valence-electron chi connectivity index (χ2n) is 7.88. The van der Waals surface area contributed by atoms with E-state index in [2.05, 4.69) is 5.32 Å². The third-order valence-corrected chi connectivity index (χ3v) is 6.26. The van der Waals surface area contributed by atoms with E-state index >= 15 is 0 Å². The third-order valence-electron chi connectivity index (χ3n) is 6.26. The Morgan fingerprint density at radius 3 is 2.00 bits per heavy atom. The van der Waals surface area contributed by atoms with Crippen molar-refractivity contribution in [3.63, 3.8) is 0 Å². The van der Waals surface area contributed by atoms with Gasteiger partial charge in [0.2, 0.25) is 0 Å². The number of aryl methyl sites for hydroxylation is 2. The molecule has 1 nitrogen and oxygen atoms in total. The Balaban J connectivity index is 1.45. The topological polar surface area (TPSA) is 12.0 Å². The van der Waals surface area contributed by atoms with E-state index < -0.39 is 0 Å². The summed E-state index contributed by atoms with van der Waals surface area (Å²) in [6, 6.07) is 4.72. The normalized spacial score (nSPS) is 37.2. The van der Waals surface area contributed by atoms with E-state index in [4.69, 9.17) is 0 Å². The molecule has 4 saturated carbocycles. The number of benzene rings is 1. The summed E-state index contributed by atoms with van der Waals surface area (Å²) in [5.41, 5.74) is 2.79. The van der Waals surface area contributed by atoms with Gasteiger partial charge in [0.05, 0.1) is 0 Å². The molecular weight excluding hydrogens is 261 g/mol. The van der Waals surface area contributed by atoms with Crippen LogP contribution in [0.5, 0.6) is 0 Å². The molecule has 114 valence electrons. The molecule has 2 heteroatoms. The van der Waals surface area contributed by atoms with Crippen LogP contribution in [0.4, 0.5) is 4.39 Å². The second-order valence-corrected chi connectivity index (χ2v) is 7.88. The average molecular weight is 287 g/mol. The standard InChI is InChI=1S/C19H26FN/c1-11-3-15(4-12(2)18(11)20)10-21-19-16-6-13-5-14(8-16)9-17(19)7-13/h3-4,13-14,16-17,19,21H,5-10H2,1-2H3. The van der Waals surface area contributed by atoms with Crippen molar-refractivity contribution >= 4 is 0 Å². The number of hydrogen-bond donors (Lipinski definition) is 1. The minimum absolute atomic E-state index is 0.0478. The summed E-state index contributed by atoms with van der Waals surface area (Å²) in [6.45, 7) is 4.64. The fourth-order valence-corrected chi connectivity index (χ4v) is 5.63. The quantitative estimate of drug-likeness (QED) is 0.871. The summed E-state index contributed by atoms with van der Waals surface area (Å²) in [5, 5.41) is 3.83. The lowest BCUT2D eigenvalue weighted by atomic mass is 9.54. The van der Waals surface area contributed by atoms with Crippen molar-refractivity contribution in [2.75, 3.05) is 0 Å². The van der Waals surface area contributed by atoms with Crippen molar-refractivity contribution in [2.45, 2.75) is 58.5 Å². The van der Waals surface area contributed by atoms with Crippen molar-refractivity contribution in [2.24, 2.45) is 23.7 Å². The molecule has 1 aromatic rings. The van der Waals surface area contributed by atoms with E-state index in [9.17, 15) is 4.39 Å². The molecule has 0 radical (unpaired) electrons. The number of hydrogen-bond acceptors (Lipinski definition) is 1. The average Bonchev–Trinajstić information content (AvgIpc) is 2.43. The van der Waals surface area contributed by atoms with Gasteiger partial charge in [0, 0.05) is 12.6 Å². The first kappa shape index (κ1) is 13.8. The van der Waals surface area contributed by atoms with E-state index in [1.165, 1.54) is 37.7 Å². The van der Waals surface area contributed by atoms with Gasteiger partial charge in [-0.05, 0) is 86.3 Å². The summed E-state index contributed by atoms with van der Waals surface area (Å²) >= 11 is 0. The summed E-state index contributed by atoms with van der Waals surface area (Å²) in [6.07, 6.45) is 7.31. The Morgan fingerprint density at radius 1 is 0.952 bits per heavy atom. The maximum Gasteiger partial charge on any atom is 0.129 e. The largest absolute Gasteiger partial charge is 0.309 e. The first-order valence-electron chi connectivity index (χ1n) is 8.59. The molecule has 0 heterocycles. The van der Waals surface area contributed by atoms with Gasteiger partial charge >= 0.3 is 0 Å². The van der Waals surface area contributed by atoms with Gasteiger partial charge < -0.3 is 5.32 Å². The first-order valence-corrected chi connectivity index (χ1v) is 8.59. The number of nitrogens with one attached hydrogen (secondary N) is 1. The smallest absolute Gasteiger partial charge is 0.129 e. The Hall–Kier alpha value is -0.890. The van der Waals surface area contributed by atoms with E-state index in [1.54, 1.807) is 0 Å². The predicted molar refractivity (Wildman–Crippen MR) is 83.5 cm³/mol. The molecule has 4 bridgehead atoms. The van der Waals surface area contributed by atoms with E-state index in [0.29, 0.717) is 6.04 Å². The van der Waals surface area contributed by atoms with Crippen molar-refractivity contribution in [3.05, 3.63) is 34.6 Å². The van der Waals surface area contributed by atoms with Crippen LogP contribution >= 0.6 is 0 Å². The molecule has 4 aliphatic carbocycles. The van der Waals surface area contributed by atoms with Gasteiger partial charge in [-0.1, -0.05) is 12.1 Å². The molecule has 0 spiro atoms. The fourth-order valence-electron chi connectivity index (χ4n) is 5.63. The molecule has 4 aliphatic rings. The van der Waals surface area contributed by atoms with Crippen LogP contribution in [0.1, 0.15) is 48.8 Å². The van der Waals surface area contributed by atoms with E-state index in [1.807, 2.05) is 26.0 Å². The second kappa shape index (κ2) is 5.08. The van der Waals surface area contributed by atoms with Crippen molar-refractivity contribution in [1.82, 2.24) is 5.32 Å². The minimum Gasteiger partial charge on any atom is -0.309 e. The Kier molecular flexibility index (Phi) is 3.33. The first-order chi connectivity index (χ1) is 10.1. The summed E-state index contributed by atoms with van der Waals surface area (Å²) in [4.78, 5) is 0. The summed E-state index contributed by atoms with van der Waals surface area (Å²) in [7, 11) is 0. The van der Waals surface area contributed by atoms with Crippen LogP contribution in [0.2, 0.25) is 0 Å². The van der Waals surface area contributed by atoms with Crippen LogP contribution in [0.15, 0.2) is 12.1 Å². The Labute approximate surface area is 127 Å². The minimum atomic E-state index is -0.0478. The maximum atomic E-state index is 13.7. The SMILES string of the molecule is Cc1cc(CNC2C3CC4CC(C3)CC2C4)cc(C)c1F. The van der Waals surface area contributed by atoms with Gasteiger partial charge in [-0.3, -0.25) is 0 Å². The van der Waals surface area contributed by atoms with E-state index in [-0.39, 0.29) is 5.82 Å². The lowest BCUT2D eigenvalue weighted by Crippen LogP contribution is -2.54. The zero-order chi connectivity index (χ0) is 14.6. The monoisotopic (exact) mass is 287 g/mol. The molecule has 1 N–H and O–H groups in total. The fraction of sp³-hybridized carbons (Fsp3) is 0.684. The molecule has 0 amide bonds. The molecule has 5 rings (SSSR count). The molecule has 0 saturated heterocycles. The van der Waals surface area contributed by atoms with Crippen LogP contribution in [-0.2, 0) is 6.54 Å². The van der Waals surface area contributed by atoms with Gasteiger partial charge in [0.25, 0.3) is 0 Å². The molecule has 0 aliphatic heterocycles. The van der Waals surface area contributed by atoms with Crippen molar-refractivity contribution in [3.8, 4) is 0 Å². The van der Waals surface area contributed by atoms with Crippen LogP contribution in [0, 0.1) is 43.3 Å². The molecule has 0 aromatic heterocycles. The van der Waals surface area contributed by atoms with Gasteiger partial charge in [0.15, 0.2) is 0 Å². The van der Waals surface area contributed by atoms with Crippen LogP contribution in [0.3, 0.4) is 0 Å². The highest BCUT2D eigenvalue weighted by Crippen LogP contribution is 2.53. The predicted octanol–water partition coefficient (Wildman–Crippen LogP) is 4.36. The van der Waals surface area contributed by atoms with Gasteiger partial charge in [-0.25, -0.2) is 4.39 Å². The Bertz CT molecular complexity index is 499. The zero-order valence-electron chi connectivity index (χ0n) is 13.2. The van der Waals surface area contributed by atoms with E-state index in [0.717, 1.165) is 41.3 Å². The summed E-state index contributed by atoms with van der Waals surface area (Å²) < 4.78 is 13.7. The van der Waals surface area contributed by atoms with Crippen LogP contribution in [0.25, 0.3) is 0 Å². The lowest BCUT2D eigenvalue weighted by molar-refractivity contribution is -0.0142. The van der Waals surface area contributed by atoms with Gasteiger partial charge in [-0.2, -0.15) is 0 Å². The summed E-state index contributed by atoms with van der Waals surface area (Å²) in [5.74, 6) is 3.82.